The summed E-state index contributed by atoms with van der Waals surface area (Å²) in [4.78, 5) is 12.1. The average Bonchev–Trinajstić information content (AvgIpc) is 2.80. The van der Waals surface area contributed by atoms with Crippen LogP contribution in [0.4, 0.5) is 0 Å². The summed E-state index contributed by atoms with van der Waals surface area (Å²) < 4.78 is 5.25. The van der Waals surface area contributed by atoms with Crippen LogP contribution in [-0.4, -0.2) is 12.6 Å². The summed E-state index contributed by atoms with van der Waals surface area (Å²) in [6.45, 7) is 4.43. The van der Waals surface area contributed by atoms with E-state index in [-0.39, 0.29) is 5.97 Å². The number of carbonyl (C=O) groups is 1. The monoisotopic (exact) mass is 264 g/mol. The summed E-state index contributed by atoms with van der Waals surface area (Å²) in [5, 5.41) is 0. The molecule has 0 saturated heterocycles. The fourth-order valence-electron chi connectivity index (χ4n) is 2.56. The number of ether oxygens (including phenoxy) is 1. The third-order valence-corrected chi connectivity index (χ3v) is 3.53. The molecular formula is C18H16O2. The van der Waals surface area contributed by atoms with Crippen molar-refractivity contribution in [1.82, 2.24) is 0 Å². The van der Waals surface area contributed by atoms with Gasteiger partial charge in [-0.2, -0.15) is 0 Å². The zero-order valence-electron chi connectivity index (χ0n) is 11.6. The molecule has 0 atom stereocenters. The summed E-state index contributed by atoms with van der Waals surface area (Å²) in [7, 11) is 0. The Labute approximate surface area is 118 Å². The number of aryl methyl sites for hydroxylation is 2. The molecular weight excluding hydrogens is 248 g/mol. The molecule has 3 rings (SSSR count). The van der Waals surface area contributed by atoms with E-state index in [1.807, 2.05) is 56.3 Å². The van der Waals surface area contributed by atoms with Crippen molar-refractivity contribution < 1.29 is 9.53 Å². The van der Waals surface area contributed by atoms with Crippen LogP contribution in [0, 0.1) is 13.8 Å². The standard InChI is InChI=1S/C18H16O2/c1-12-5-3-7-14(9-12)16-11-20-18(19)17(16)15-8-4-6-13(2)10-15/h3-10H,11H2,1-2H3. The highest BCUT2D eigenvalue weighted by molar-refractivity contribution is 6.27. The number of hydrogen-bond acceptors (Lipinski definition) is 2. The smallest absolute Gasteiger partial charge is 0.339 e. The van der Waals surface area contributed by atoms with E-state index in [9.17, 15) is 4.79 Å². The van der Waals surface area contributed by atoms with Crippen LogP contribution in [0.3, 0.4) is 0 Å². The summed E-state index contributed by atoms with van der Waals surface area (Å²) in [6.07, 6.45) is 0. The van der Waals surface area contributed by atoms with E-state index in [4.69, 9.17) is 4.74 Å². The molecule has 20 heavy (non-hydrogen) atoms. The van der Waals surface area contributed by atoms with Gasteiger partial charge in [0.05, 0.1) is 5.57 Å². The molecule has 0 N–H and O–H groups in total. The molecule has 1 heterocycles. The first-order valence-corrected chi connectivity index (χ1v) is 6.69. The third kappa shape index (κ3) is 2.25. The molecule has 2 aromatic rings. The van der Waals surface area contributed by atoms with Crippen LogP contribution in [0.15, 0.2) is 48.5 Å². The molecule has 0 saturated carbocycles. The van der Waals surface area contributed by atoms with Gasteiger partial charge in [0.25, 0.3) is 0 Å². The van der Waals surface area contributed by atoms with Crippen LogP contribution in [0.2, 0.25) is 0 Å². The molecule has 100 valence electrons. The van der Waals surface area contributed by atoms with Crippen molar-refractivity contribution in [1.29, 1.82) is 0 Å². The predicted molar refractivity (Wildman–Crippen MR) is 80.1 cm³/mol. The van der Waals surface area contributed by atoms with E-state index in [1.54, 1.807) is 0 Å². The van der Waals surface area contributed by atoms with Gasteiger partial charge in [-0.15, -0.1) is 0 Å². The highest BCUT2D eigenvalue weighted by Gasteiger charge is 2.27. The lowest BCUT2D eigenvalue weighted by Gasteiger charge is -2.06. The Kier molecular flexibility index (Phi) is 3.15. The average molecular weight is 264 g/mol. The highest BCUT2D eigenvalue weighted by atomic mass is 16.5. The van der Waals surface area contributed by atoms with Gasteiger partial charge in [-0.25, -0.2) is 4.79 Å². The topological polar surface area (TPSA) is 26.3 Å². The van der Waals surface area contributed by atoms with Crippen molar-refractivity contribution in [2.45, 2.75) is 13.8 Å². The van der Waals surface area contributed by atoms with Crippen molar-refractivity contribution in [2.24, 2.45) is 0 Å². The van der Waals surface area contributed by atoms with Crippen LogP contribution >= 0.6 is 0 Å². The van der Waals surface area contributed by atoms with Gasteiger partial charge in [0.2, 0.25) is 0 Å². The highest BCUT2D eigenvalue weighted by Crippen LogP contribution is 2.33. The van der Waals surface area contributed by atoms with E-state index in [0.717, 1.165) is 22.3 Å². The molecule has 0 aliphatic carbocycles. The molecule has 2 nitrogen and oxygen atoms in total. The third-order valence-electron chi connectivity index (χ3n) is 3.53. The maximum atomic E-state index is 12.1. The maximum Gasteiger partial charge on any atom is 0.339 e. The van der Waals surface area contributed by atoms with Gasteiger partial charge >= 0.3 is 5.97 Å². The predicted octanol–water partition coefficient (Wildman–Crippen LogP) is 3.77. The molecule has 0 amide bonds. The van der Waals surface area contributed by atoms with Crippen LogP contribution in [-0.2, 0) is 9.53 Å². The van der Waals surface area contributed by atoms with Crippen molar-refractivity contribution in [3.8, 4) is 0 Å². The maximum absolute atomic E-state index is 12.1. The van der Waals surface area contributed by atoms with Gasteiger partial charge in [-0.1, -0.05) is 59.7 Å². The second-order valence-electron chi connectivity index (χ2n) is 5.17. The van der Waals surface area contributed by atoms with Gasteiger partial charge < -0.3 is 4.74 Å². The molecule has 0 spiro atoms. The minimum atomic E-state index is -0.230. The van der Waals surface area contributed by atoms with E-state index in [2.05, 4.69) is 6.07 Å². The van der Waals surface area contributed by atoms with Crippen LogP contribution < -0.4 is 0 Å². The van der Waals surface area contributed by atoms with E-state index in [1.165, 1.54) is 5.56 Å². The number of carbonyl (C=O) groups excluding carboxylic acids is 1. The zero-order valence-corrected chi connectivity index (χ0v) is 11.6. The largest absolute Gasteiger partial charge is 0.457 e. The minimum Gasteiger partial charge on any atom is -0.457 e. The Bertz CT molecular complexity index is 711. The van der Waals surface area contributed by atoms with Gasteiger partial charge in [0.1, 0.15) is 6.61 Å². The number of cyclic esters (lactones) is 1. The Morgan fingerprint density at radius 3 is 2.15 bits per heavy atom. The molecule has 0 aromatic heterocycles. The Morgan fingerprint density at radius 1 is 0.900 bits per heavy atom. The molecule has 0 fully saturated rings. The summed E-state index contributed by atoms with van der Waals surface area (Å²) in [6, 6.07) is 16.2. The Balaban J connectivity index is 2.17. The van der Waals surface area contributed by atoms with Crippen molar-refractivity contribution in [3.63, 3.8) is 0 Å². The quantitative estimate of drug-likeness (QED) is 0.772. The molecule has 2 aromatic carbocycles. The van der Waals surface area contributed by atoms with Gasteiger partial charge in [0, 0.05) is 5.57 Å². The lowest BCUT2D eigenvalue weighted by atomic mass is 9.95. The van der Waals surface area contributed by atoms with Crippen molar-refractivity contribution in [2.75, 3.05) is 6.61 Å². The molecule has 0 bridgehead atoms. The second-order valence-corrected chi connectivity index (χ2v) is 5.17. The number of benzene rings is 2. The molecule has 0 radical (unpaired) electrons. The number of esters is 1. The Morgan fingerprint density at radius 2 is 1.50 bits per heavy atom. The molecule has 1 aliphatic rings. The SMILES string of the molecule is Cc1cccc(C2=C(c3cccc(C)c3)C(=O)OC2)c1. The van der Waals surface area contributed by atoms with Gasteiger partial charge in [-0.05, 0) is 25.0 Å². The van der Waals surface area contributed by atoms with Crippen molar-refractivity contribution in [3.05, 3.63) is 70.8 Å². The first kappa shape index (κ1) is 12.7. The normalized spacial score (nSPS) is 14.6. The fraction of sp³-hybridized carbons (Fsp3) is 0.167. The first-order valence-electron chi connectivity index (χ1n) is 6.69. The zero-order chi connectivity index (χ0) is 14.1. The summed E-state index contributed by atoms with van der Waals surface area (Å²) >= 11 is 0. The van der Waals surface area contributed by atoms with Crippen molar-refractivity contribution >= 4 is 17.1 Å². The molecule has 0 unspecified atom stereocenters. The van der Waals surface area contributed by atoms with E-state index >= 15 is 0 Å². The number of hydrogen-bond donors (Lipinski definition) is 0. The van der Waals surface area contributed by atoms with Gasteiger partial charge in [0.15, 0.2) is 0 Å². The fourth-order valence-corrected chi connectivity index (χ4v) is 2.56. The lowest BCUT2D eigenvalue weighted by molar-refractivity contribution is -0.133. The van der Waals surface area contributed by atoms with Crippen LogP contribution in [0.1, 0.15) is 22.3 Å². The second kappa shape index (κ2) is 4.97. The Hall–Kier alpha value is -2.35. The first-order chi connectivity index (χ1) is 9.65. The summed E-state index contributed by atoms with van der Waals surface area (Å²) in [5.41, 5.74) is 5.98. The molecule has 1 aliphatic heterocycles. The molecule has 2 heteroatoms. The van der Waals surface area contributed by atoms with E-state index < -0.39 is 0 Å². The van der Waals surface area contributed by atoms with E-state index in [0.29, 0.717) is 12.2 Å². The van der Waals surface area contributed by atoms with Gasteiger partial charge in [-0.3, -0.25) is 0 Å². The minimum absolute atomic E-state index is 0.230. The van der Waals surface area contributed by atoms with Crippen LogP contribution in [0.5, 0.6) is 0 Å². The summed E-state index contributed by atoms with van der Waals surface area (Å²) in [5.74, 6) is -0.230. The number of rotatable bonds is 2. The lowest BCUT2D eigenvalue weighted by Crippen LogP contribution is -1.98. The van der Waals surface area contributed by atoms with Crippen LogP contribution in [0.25, 0.3) is 11.1 Å².